The molecule has 0 aliphatic heterocycles. The molecule has 0 nitrogen and oxygen atoms in total. The first-order valence-electron chi connectivity index (χ1n) is 8.69. The summed E-state index contributed by atoms with van der Waals surface area (Å²) in [5, 5.41) is 0. The van der Waals surface area contributed by atoms with E-state index in [2.05, 4.69) is 39.8 Å². The largest absolute Gasteiger partial charge is 1.00 e. The Labute approximate surface area is 152 Å². The summed E-state index contributed by atoms with van der Waals surface area (Å²) in [5.41, 5.74) is 6.78. The van der Waals surface area contributed by atoms with Gasteiger partial charge in [-0.05, 0) is 0 Å². The maximum atomic E-state index is 2.58. The maximum Gasteiger partial charge on any atom is -1.00 e. The third-order valence-corrected chi connectivity index (χ3v) is 8.70. The molecular formula is C20H30F2Zr. The molecule has 0 amide bonds. The summed E-state index contributed by atoms with van der Waals surface area (Å²) >= 11 is -0.549. The number of halogens is 2. The first kappa shape index (κ1) is 22.7. The van der Waals surface area contributed by atoms with Gasteiger partial charge in [0, 0.05) is 0 Å². The van der Waals surface area contributed by atoms with Crippen molar-refractivity contribution in [1.29, 1.82) is 0 Å². The molecule has 0 unspecified atom stereocenters. The molecule has 0 radical (unpaired) electrons. The van der Waals surface area contributed by atoms with E-state index in [0.717, 1.165) is 0 Å². The van der Waals surface area contributed by atoms with Gasteiger partial charge in [0.15, 0.2) is 0 Å². The molecule has 0 fully saturated rings. The van der Waals surface area contributed by atoms with Gasteiger partial charge in [0.1, 0.15) is 0 Å². The van der Waals surface area contributed by atoms with Gasteiger partial charge in [0.2, 0.25) is 0 Å². The second kappa shape index (κ2) is 11.3. The van der Waals surface area contributed by atoms with Crippen LogP contribution in [0.15, 0.2) is 41.0 Å². The molecule has 23 heavy (non-hydrogen) atoms. The van der Waals surface area contributed by atoms with Crippen LogP contribution in [0, 0.1) is 0 Å². The third kappa shape index (κ3) is 6.61. The fourth-order valence-electron chi connectivity index (χ4n) is 3.19. The zero-order valence-electron chi connectivity index (χ0n) is 15.1. The van der Waals surface area contributed by atoms with E-state index in [9.17, 15) is 0 Å². The van der Waals surface area contributed by atoms with Crippen LogP contribution in [0.3, 0.4) is 0 Å². The molecule has 0 saturated carbocycles. The Morgan fingerprint density at radius 3 is 1.52 bits per heavy atom. The zero-order valence-corrected chi connectivity index (χ0v) is 17.5. The van der Waals surface area contributed by atoms with E-state index in [1.165, 1.54) is 51.4 Å². The van der Waals surface area contributed by atoms with Gasteiger partial charge >= 0.3 is 143 Å². The van der Waals surface area contributed by atoms with Gasteiger partial charge in [0.25, 0.3) is 0 Å². The Morgan fingerprint density at radius 1 is 0.783 bits per heavy atom. The zero-order chi connectivity index (χ0) is 15.2. The predicted molar refractivity (Wildman–Crippen MR) is 89.9 cm³/mol. The number of hydrogen-bond donors (Lipinski definition) is 0. The Hall–Kier alpha value is -0.297. The van der Waals surface area contributed by atoms with Crippen LogP contribution in [-0.4, -0.2) is 0 Å². The molecule has 0 heterocycles. The number of rotatable bonds is 8. The number of hydrogen-bond acceptors (Lipinski definition) is 0. The second-order valence-electron chi connectivity index (χ2n) is 6.68. The molecule has 2 aliphatic carbocycles. The van der Waals surface area contributed by atoms with Crippen LogP contribution in [0.25, 0.3) is 0 Å². The van der Waals surface area contributed by atoms with Gasteiger partial charge in [-0.2, -0.15) is 0 Å². The first-order valence-corrected chi connectivity index (χ1v) is 11.1. The molecule has 0 N–H and O–H groups in total. The Balaban J connectivity index is 0.00000242. The van der Waals surface area contributed by atoms with E-state index in [1.807, 2.05) is 0 Å². The molecule has 0 bridgehead atoms. The minimum Gasteiger partial charge on any atom is -1.00 e. The fraction of sp³-hybridized carbons (Fsp3) is 0.600. The van der Waals surface area contributed by atoms with Crippen LogP contribution in [0.1, 0.15) is 79.1 Å². The molecule has 2 aliphatic rings. The average Bonchev–Trinajstić information content (AvgIpc) is 2.98. The van der Waals surface area contributed by atoms with Crippen molar-refractivity contribution in [2.45, 2.75) is 79.1 Å². The molecule has 0 spiro atoms. The van der Waals surface area contributed by atoms with E-state index in [-0.39, 0.29) is 9.41 Å². The number of allylic oxidation sites excluding steroid dienone is 8. The van der Waals surface area contributed by atoms with E-state index in [0.29, 0.717) is 0 Å². The topological polar surface area (TPSA) is 0 Å². The Bertz CT molecular complexity index is 464. The third-order valence-electron chi connectivity index (χ3n) is 4.57. The van der Waals surface area contributed by atoms with Crippen molar-refractivity contribution >= 4 is 0 Å². The van der Waals surface area contributed by atoms with Crippen LogP contribution in [0.2, 0.25) is 0 Å². The van der Waals surface area contributed by atoms with Crippen LogP contribution in [-0.2, 0) is 23.2 Å². The second-order valence-corrected chi connectivity index (χ2v) is 9.94. The Kier molecular flexibility index (Phi) is 11.1. The molecule has 0 aromatic carbocycles. The summed E-state index contributed by atoms with van der Waals surface area (Å²) in [5.74, 6) is 0. The molecule has 0 aromatic heterocycles. The van der Waals surface area contributed by atoms with Crippen LogP contribution in [0.5, 0.6) is 0 Å². The van der Waals surface area contributed by atoms with E-state index < -0.39 is 23.2 Å². The molecule has 2 rings (SSSR count). The maximum absolute atomic E-state index is 2.58. The van der Waals surface area contributed by atoms with E-state index in [1.54, 1.807) is 28.9 Å². The quantitative estimate of drug-likeness (QED) is 0.563. The van der Waals surface area contributed by atoms with Crippen molar-refractivity contribution in [3.63, 3.8) is 0 Å². The van der Waals surface area contributed by atoms with Crippen LogP contribution >= 0.6 is 0 Å². The molecule has 128 valence electrons. The van der Waals surface area contributed by atoms with Crippen molar-refractivity contribution in [1.82, 2.24) is 0 Å². The minimum atomic E-state index is -0.549. The molecule has 0 aromatic rings. The van der Waals surface area contributed by atoms with Crippen LogP contribution < -0.4 is 9.41 Å². The standard InChI is InChI=1S/2C10H15.2FH.Zr/c2*1-3-4-5-10-7-6-9(2)8-10;;;/h2*7H,3-5,8H2,1-2H3;2*1H;/q;;;;+2/p-2. The van der Waals surface area contributed by atoms with Gasteiger partial charge in [-0.15, -0.1) is 0 Å². The first-order chi connectivity index (χ1) is 10.1. The predicted octanol–water partition coefficient (Wildman–Crippen LogP) is 0.666. The van der Waals surface area contributed by atoms with Gasteiger partial charge < -0.3 is 9.41 Å². The van der Waals surface area contributed by atoms with Crippen molar-refractivity contribution in [3.8, 4) is 0 Å². The minimum absolute atomic E-state index is 0. The van der Waals surface area contributed by atoms with Gasteiger partial charge in [-0.3, -0.25) is 0 Å². The fourth-order valence-corrected chi connectivity index (χ4v) is 6.74. The SMILES string of the molecule is CCCCC1=C[C]([Zr+2][C]2=C(C)CC(CCCC)=C2)=C(C)C1.[F-].[F-]. The van der Waals surface area contributed by atoms with E-state index in [4.69, 9.17) is 0 Å². The summed E-state index contributed by atoms with van der Waals surface area (Å²) in [7, 11) is 0. The van der Waals surface area contributed by atoms with Crippen molar-refractivity contribution in [3.05, 3.63) is 41.0 Å². The van der Waals surface area contributed by atoms with Crippen molar-refractivity contribution < 1.29 is 32.6 Å². The summed E-state index contributed by atoms with van der Waals surface area (Å²) in [6.45, 7) is 9.34. The molecular weight excluding hydrogens is 369 g/mol. The summed E-state index contributed by atoms with van der Waals surface area (Å²) < 4.78 is 3.54. The van der Waals surface area contributed by atoms with Crippen LogP contribution in [0.4, 0.5) is 0 Å². The van der Waals surface area contributed by atoms with Crippen molar-refractivity contribution in [2.75, 3.05) is 0 Å². The normalized spacial score (nSPS) is 16.7. The molecule has 3 heteroatoms. The average molecular weight is 400 g/mol. The molecule has 0 atom stereocenters. The summed E-state index contributed by atoms with van der Waals surface area (Å²) in [6.07, 6.45) is 15.7. The van der Waals surface area contributed by atoms with Gasteiger partial charge in [-0.25, -0.2) is 0 Å². The Morgan fingerprint density at radius 2 is 1.17 bits per heavy atom. The monoisotopic (exact) mass is 398 g/mol. The van der Waals surface area contributed by atoms with Crippen molar-refractivity contribution in [2.24, 2.45) is 0 Å². The van der Waals surface area contributed by atoms with Gasteiger partial charge in [-0.1, -0.05) is 0 Å². The summed E-state index contributed by atoms with van der Waals surface area (Å²) in [6, 6.07) is 0. The smallest absolute Gasteiger partial charge is 1.00 e. The van der Waals surface area contributed by atoms with E-state index >= 15 is 0 Å². The number of unbranched alkanes of at least 4 members (excludes halogenated alkanes) is 2. The molecule has 0 saturated heterocycles. The summed E-state index contributed by atoms with van der Waals surface area (Å²) in [4.78, 5) is 0. The van der Waals surface area contributed by atoms with Gasteiger partial charge in [0.05, 0.1) is 0 Å².